The number of aryl methyl sites for hydroxylation is 2. The molecule has 0 saturated carbocycles. The molecule has 3 heterocycles. The second kappa shape index (κ2) is 6.27. The summed E-state index contributed by atoms with van der Waals surface area (Å²) in [5, 5.41) is 0.910. The minimum Gasteiger partial charge on any atom is -0.462 e. The molecule has 0 aliphatic carbocycles. The van der Waals surface area contributed by atoms with E-state index in [1.807, 2.05) is 39.2 Å². The largest absolute Gasteiger partial charge is 0.462 e. The first-order valence-corrected chi connectivity index (χ1v) is 9.17. The van der Waals surface area contributed by atoms with Crippen LogP contribution in [-0.2, 0) is 4.74 Å². The third-order valence-electron chi connectivity index (χ3n) is 5.10. The van der Waals surface area contributed by atoms with Gasteiger partial charge in [0.2, 0.25) is 0 Å². The fourth-order valence-electron chi connectivity index (χ4n) is 3.74. The second-order valence-corrected chi connectivity index (χ2v) is 7.10. The van der Waals surface area contributed by atoms with E-state index in [2.05, 4.69) is 51.9 Å². The highest BCUT2D eigenvalue weighted by atomic mass is 16.5. The first-order valence-electron chi connectivity index (χ1n) is 9.17. The SMILES string of the molecule is CCOC(=O)c1cc2c3cccc[n+]3c(N(C)C)n2c2cc(C)c(C)cc12. The zero-order chi connectivity index (χ0) is 19.3. The fourth-order valence-corrected chi connectivity index (χ4v) is 3.74. The van der Waals surface area contributed by atoms with Crippen molar-refractivity contribution in [2.24, 2.45) is 0 Å². The minimum atomic E-state index is -0.282. The van der Waals surface area contributed by atoms with Crippen molar-refractivity contribution in [3.63, 3.8) is 0 Å². The maximum atomic E-state index is 12.7. The number of hydrogen-bond acceptors (Lipinski definition) is 3. The average Bonchev–Trinajstić information content (AvgIpc) is 2.97. The summed E-state index contributed by atoms with van der Waals surface area (Å²) in [6.07, 6.45) is 2.05. The molecular weight excluding hydrogens is 338 g/mol. The standard InChI is InChI=1S/C22H24N3O2/c1-6-27-21(26)17-13-20-18-9-7-8-10-24(18)22(23(4)5)25(20)19-12-15(3)14(2)11-16(17)19/h7-13H,6H2,1-5H3/q+1. The van der Waals surface area contributed by atoms with Crippen LogP contribution in [0.4, 0.5) is 5.95 Å². The van der Waals surface area contributed by atoms with Crippen molar-refractivity contribution in [2.45, 2.75) is 20.8 Å². The Morgan fingerprint density at radius 3 is 2.56 bits per heavy atom. The van der Waals surface area contributed by atoms with E-state index in [1.165, 1.54) is 5.56 Å². The van der Waals surface area contributed by atoms with Gasteiger partial charge in [-0.15, -0.1) is 0 Å². The van der Waals surface area contributed by atoms with Crippen molar-refractivity contribution in [2.75, 3.05) is 25.6 Å². The van der Waals surface area contributed by atoms with Crippen LogP contribution in [-0.4, -0.2) is 31.1 Å². The normalized spacial score (nSPS) is 11.4. The van der Waals surface area contributed by atoms with Gasteiger partial charge < -0.3 is 4.74 Å². The first kappa shape index (κ1) is 17.3. The maximum Gasteiger partial charge on any atom is 0.369 e. The average molecular weight is 362 g/mol. The quantitative estimate of drug-likeness (QED) is 0.412. The summed E-state index contributed by atoms with van der Waals surface area (Å²) in [6.45, 7) is 6.36. The Hall–Kier alpha value is -3.08. The number of hydrogen-bond donors (Lipinski definition) is 0. The number of rotatable bonds is 3. The highest BCUT2D eigenvalue weighted by Crippen LogP contribution is 2.30. The third kappa shape index (κ3) is 2.53. The van der Waals surface area contributed by atoms with Crippen molar-refractivity contribution >= 4 is 33.9 Å². The van der Waals surface area contributed by atoms with Gasteiger partial charge in [-0.1, -0.05) is 6.07 Å². The van der Waals surface area contributed by atoms with E-state index in [-0.39, 0.29) is 5.97 Å². The van der Waals surface area contributed by atoms with Crippen LogP contribution in [0.3, 0.4) is 0 Å². The van der Waals surface area contributed by atoms with Gasteiger partial charge in [-0.3, -0.25) is 4.90 Å². The lowest BCUT2D eigenvalue weighted by Gasteiger charge is -2.11. The maximum absolute atomic E-state index is 12.7. The summed E-state index contributed by atoms with van der Waals surface area (Å²) in [5.74, 6) is 0.749. The summed E-state index contributed by atoms with van der Waals surface area (Å²) >= 11 is 0. The Labute approximate surface area is 158 Å². The number of esters is 1. The van der Waals surface area contributed by atoms with Gasteiger partial charge in [0.1, 0.15) is 16.6 Å². The van der Waals surface area contributed by atoms with Gasteiger partial charge in [0, 0.05) is 5.39 Å². The van der Waals surface area contributed by atoms with Crippen LogP contribution in [0.1, 0.15) is 28.4 Å². The molecule has 5 heteroatoms. The van der Waals surface area contributed by atoms with Crippen molar-refractivity contribution in [3.8, 4) is 0 Å². The number of imidazole rings is 1. The molecule has 0 aliphatic rings. The molecule has 27 heavy (non-hydrogen) atoms. The zero-order valence-corrected chi connectivity index (χ0v) is 16.4. The molecule has 0 amide bonds. The molecule has 0 atom stereocenters. The van der Waals surface area contributed by atoms with Crippen molar-refractivity contribution in [3.05, 3.63) is 59.3 Å². The number of ether oxygens (including phenoxy) is 1. The van der Waals surface area contributed by atoms with Gasteiger partial charge in [0.25, 0.3) is 0 Å². The Morgan fingerprint density at radius 2 is 1.85 bits per heavy atom. The lowest BCUT2D eigenvalue weighted by molar-refractivity contribution is -0.497. The molecule has 0 bridgehead atoms. The fraction of sp³-hybridized carbons (Fsp3) is 0.273. The Kier molecular flexibility index (Phi) is 4.02. The second-order valence-electron chi connectivity index (χ2n) is 7.10. The molecule has 0 spiro atoms. The van der Waals surface area contributed by atoms with Crippen LogP contribution in [0.5, 0.6) is 0 Å². The molecule has 0 fully saturated rings. The summed E-state index contributed by atoms with van der Waals surface area (Å²) < 4.78 is 9.73. The number of fused-ring (bicyclic) bond motifs is 5. The van der Waals surface area contributed by atoms with Crippen molar-refractivity contribution < 1.29 is 13.9 Å². The number of carbonyl (C=O) groups is 1. The van der Waals surface area contributed by atoms with E-state index in [1.54, 1.807) is 0 Å². The van der Waals surface area contributed by atoms with E-state index in [9.17, 15) is 4.79 Å². The third-order valence-corrected chi connectivity index (χ3v) is 5.10. The summed E-state index contributed by atoms with van der Waals surface area (Å²) in [5.41, 5.74) is 5.99. The van der Waals surface area contributed by atoms with Gasteiger partial charge >= 0.3 is 11.9 Å². The van der Waals surface area contributed by atoms with Gasteiger partial charge in [0.15, 0.2) is 0 Å². The Bertz CT molecular complexity index is 1210. The van der Waals surface area contributed by atoms with Crippen LogP contribution in [0.15, 0.2) is 42.6 Å². The van der Waals surface area contributed by atoms with Crippen LogP contribution in [0.25, 0.3) is 21.9 Å². The molecular formula is C22H24N3O2+. The Morgan fingerprint density at radius 1 is 1.11 bits per heavy atom. The topological polar surface area (TPSA) is 38.0 Å². The van der Waals surface area contributed by atoms with Crippen LogP contribution in [0.2, 0.25) is 0 Å². The molecule has 0 unspecified atom stereocenters. The summed E-state index contributed by atoms with van der Waals surface area (Å²) in [6, 6.07) is 12.3. The van der Waals surface area contributed by atoms with E-state index >= 15 is 0 Å². The van der Waals surface area contributed by atoms with E-state index in [4.69, 9.17) is 4.74 Å². The molecule has 1 aromatic carbocycles. The molecule has 4 aromatic rings. The molecule has 138 valence electrons. The summed E-state index contributed by atoms with van der Waals surface area (Å²) in [4.78, 5) is 14.8. The van der Waals surface area contributed by atoms with Crippen LogP contribution < -0.4 is 9.30 Å². The first-order chi connectivity index (χ1) is 12.9. The number of carbonyl (C=O) groups excluding carboxylic acids is 1. The molecule has 5 nitrogen and oxygen atoms in total. The van der Waals surface area contributed by atoms with E-state index in [0.29, 0.717) is 12.2 Å². The molecule has 3 aromatic heterocycles. The number of anilines is 1. The number of nitrogens with zero attached hydrogens (tertiary/aromatic N) is 3. The molecule has 0 saturated heterocycles. The van der Waals surface area contributed by atoms with E-state index in [0.717, 1.165) is 33.4 Å². The monoisotopic (exact) mass is 362 g/mol. The number of pyridine rings is 2. The molecule has 0 aliphatic heterocycles. The van der Waals surface area contributed by atoms with Gasteiger partial charge in [-0.2, -0.15) is 4.40 Å². The van der Waals surface area contributed by atoms with Crippen LogP contribution >= 0.6 is 0 Å². The number of aromatic nitrogens is 2. The minimum absolute atomic E-state index is 0.282. The van der Waals surface area contributed by atoms with Gasteiger partial charge in [0.05, 0.1) is 32.5 Å². The van der Waals surface area contributed by atoms with Crippen molar-refractivity contribution in [1.29, 1.82) is 0 Å². The van der Waals surface area contributed by atoms with Gasteiger partial charge in [-0.05, 0) is 62.2 Å². The smallest absolute Gasteiger partial charge is 0.369 e. The molecule has 4 rings (SSSR count). The predicted octanol–water partition coefficient (Wildman–Crippen LogP) is 3.69. The summed E-state index contributed by atoms with van der Waals surface area (Å²) in [7, 11) is 4.07. The zero-order valence-electron chi connectivity index (χ0n) is 16.4. The highest BCUT2D eigenvalue weighted by molar-refractivity contribution is 6.07. The highest BCUT2D eigenvalue weighted by Gasteiger charge is 2.26. The lowest BCUT2D eigenvalue weighted by atomic mass is 10.0. The number of benzene rings is 1. The van der Waals surface area contributed by atoms with Gasteiger partial charge in [-0.25, -0.2) is 9.20 Å². The van der Waals surface area contributed by atoms with Crippen LogP contribution in [0, 0.1) is 13.8 Å². The predicted molar refractivity (Wildman–Crippen MR) is 108 cm³/mol. The van der Waals surface area contributed by atoms with E-state index < -0.39 is 0 Å². The molecule has 0 N–H and O–H groups in total. The molecule has 0 radical (unpaired) electrons. The Balaban J connectivity index is 2.28. The lowest BCUT2D eigenvalue weighted by Crippen LogP contribution is -2.29. The van der Waals surface area contributed by atoms with Crippen molar-refractivity contribution in [1.82, 2.24) is 4.40 Å².